The third-order valence-corrected chi connectivity index (χ3v) is 3.00. The monoisotopic (exact) mass is 325 g/mol. The highest BCUT2D eigenvalue weighted by Gasteiger charge is 2.30. The van der Waals surface area contributed by atoms with Crippen molar-refractivity contribution in [3.63, 3.8) is 0 Å². The molecular formula is C15H11ClF3N3. The second-order valence-corrected chi connectivity index (χ2v) is 4.44. The highest BCUT2D eigenvalue weighted by molar-refractivity contribution is 5.91. The number of hydrogen-bond acceptors (Lipinski definition) is 3. The van der Waals surface area contributed by atoms with E-state index in [1.165, 1.54) is 12.4 Å². The second-order valence-electron chi connectivity index (χ2n) is 4.44. The van der Waals surface area contributed by atoms with Crippen molar-refractivity contribution in [2.75, 3.05) is 5.32 Å². The van der Waals surface area contributed by atoms with Crippen molar-refractivity contribution >= 4 is 34.8 Å². The van der Waals surface area contributed by atoms with Crippen molar-refractivity contribution in [2.24, 2.45) is 0 Å². The predicted octanol–water partition coefficient (Wildman–Crippen LogP) is 4.81. The van der Waals surface area contributed by atoms with Crippen LogP contribution in [-0.4, -0.2) is 9.97 Å². The number of nitrogens with zero attached hydrogens (tertiary/aromatic N) is 2. The van der Waals surface area contributed by atoms with Crippen LogP contribution in [0.2, 0.25) is 0 Å². The van der Waals surface area contributed by atoms with Crippen LogP contribution < -0.4 is 5.32 Å². The van der Waals surface area contributed by atoms with E-state index in [1.54, 1.807) is 0 Å². The summed E-state index contributed by atoms with van der Waals surface area (Å²) >= 11 is 0. The molecule has 3 aromatic rings. The molecule has 0 spiro atoms. The van der Waals surface area contributed by atoms with Crippen LogP contribution in [0, 0.1) is 0 Å². The highest BCUT2D eigenvalue weighted by Crippen LogP contribution is 2.32. The van der Waals surface area contributed by atoms with Crippen molar-refractivity contribution in [3.05, 3.63) is 60.4 Å². The fraction of sp³-hybridized carbons (Fsp3) is 0.0667. The number of benzene rings is 2. The van der Waals surface area contributed by atoms with Gasteiger partial charge in [-0.2, -0.15) is 13.2 Å². The molecule has 3 rings (SSSR count). The molecule has 0 radical (unpaired) electrons. The molecule has 0 unspecified atom stereocenters. The van der Waals surface area contributed by atoms with E-state index in [9.17, 15) is 13.2 Å². The normalized spacial score (nSPS) is 11.0. The Hall–Kier alpha value is -2.34. The lowest BCUT2D eigenvalue weighted by Gasteiger charge is -2.10. The fourth-order valence-corrected chi connectivity index (χ4v) is 1.99. The summed E-state index contributed by atoms with van der Waals surface area (Å²) in [5, 5.41) is 3.61. The zero-order valence-electron chi connectivity index (χ0n) is 11.1. The molecule has 0 aliphatic heterocycles. The van der Waals surface area contributed by atoms with Gasteiger partial charge in [0, 0.05) is 11.1 Å². The topological polar surface area (TPSA) is 37.8 Å². The summed E-state index contributed by atoms with van der Waals surface area (Å²) in [4.78, 5) is 8.00. The number of anilines is 2. The molecule has 22 heavy (non-hydrogen) atoms. The van der Waals surface area contributed by atoms with E-state index in [0.717, 1.165) is 17.8 Å². The molecule has 3 nitrogen and oxygen atoms in total. The van der Waals surface area contributed by atoms with Crippen LogP contribution in [0.4, 0.5) is 24.7 Å². The third kappa shape index (κ3) is 3.28. The van der Waals surface area contributed by atoms with Crippen molar-refractivity contribution in [1.29, 1.82) is 0 Å². The summed E-state index contributed by atoms with van der Waals surface area (Å²) < 4.78 is 38.1. The molecule has 0 aliphatic rings. The van der Waals surface area contributed by atoms with E-state index in [0.29, 0.717) is 11.2 Å². The molecule has 0 saturated heterocycles. The number of hydrogen-bond donors (Lipinski definition) is 1. The first-order valence-electron chi connectivity index (χ1n) is 6.18. The van der Waals surface area contributed by atoms with E-state index in [4.69, 9.17) is 0 Å². The lowest BCUT2D eigenvalue weighted by Crippen LogP contribution is -2.05. The highest BCUT2D eigenvalue weighted by atomic mass is 35.5. The van der Waals surface area contributed by atoms with Crippen molar-refractivity contribution in [1.82, 2.24) is 9.97 Å². The zero-order valence-corrected chi connectivity index (χ0v) is 11.9. The SMILES string of the molecule is Cl.FC(F)(F)c1ccc2c(Nc3ccccc3)ncnc2c1. The number of rotatable bonds is 2. The number of nitrogens with one attached hydrogen (secondary N) is 1. The maximum absolute atomic E-state index is 12.7. The Balaban J connectivity index is 0.00000176. The Morgan fingerprint density at radius 2 is 1.64 bits per heavy atom. The summed E-state index contributed by atoms with van der Waals surface area (Å²) in [6, 6.07) is 12.7. The smallest absolute Gasteiger partial charge is 0.340 e. The van der Waals surface area contributed by atoms with Crippen molar-refractivity contribution in [2.45, 2.75) is 6.18 Å². The summed E-state index contributed by atoms with van der Waals surface area (Å²) in [5.74, 6) is 0.472. The maximum atomic E-state index is 12.7. The van der Waals surface area contributed by atoms with Gasteiger partial charge in [-0.15, -0.1) is 12.4 Å². The Bertz CT molecular complexity index is 776. The molecule has 7 heteroatoms. The summed E-state index contributed by atoms with van der Waals surface area (Å²) in [6.45, 7) is 0. The standard InChI is InChI=1S/C15H10F3N3.ClH/c16-15(17,18)10-6-7-12-13(8-10)19-9-20-14(12)21-11-4-2-1-3-5-11;/h1-9H,(H,19,20,21);1H. The van der Waals surface area contributed by atoms with Crippen molar-refractivity contribution < 1.29 is 13.2 Å². The van der Waals surface area contributed by atoms with Gasteiger partial charge in [-0.25, -0.2) is 9.97 Å². The predicted molar refractivity (Wildman–Crippen MR) is 81.5 cm³/mol. The zero-order chi connectivity index (χ0) is 14.9. The minimum Gasteiger partial charge on any atom is -0.340 e. The Kier molecular flexibility index (Phi) is 4.51. The van der Waals surface area contributed by atoms with Gasteiger partial charge >= 0.3 is 6.18 Å². The van der Waals surface area contributed by atoms with Gasteiger partial charge in [-0.1, -0.05) is 18.2 Å². The minimum absolute atomic E-state index is 0. The molecule has 114 valence electrons. The van der Waals surface area contributed by atoms with E-state index < -0.39 is 11.7 Å². The molecule has 0 saturated carbocycles. The van der Waals surface area contributed by atoms with Gasteiger partial charge in [-0.05, 0) is 30.3 Å². The lowest BCUT2D eigenvalue weighted by atomic mass is 10.1. The van der Waals surface area contributed by atoms with Gasteiger partial charge in [0.2, 0.25) is 0 Å². The number of halogens is 4. The number of fused-ring (bicyclic) bond motifs is 1. The average Bonchev–Trinajstić information content (AvgIpc) is 2.47. The van der Waals surface area contributed by atoms with Gasteiger partial charge in [0.15, 0.2) is 0 Å². The summed E-state index contributed by atoms with van der Waals surface area (Å²) in [7, 11) is 0. The molecule has 0 amide bonds. The molecule has 1 aromatic heterocycles. The molecular weight excluding hydrogens is 315 g/mol. The van der Waals surface area contributed by atoms with E-state index in [1.807, 2.05) is 30.3 Å². The first-order valence-corrected chi connectivity index (χ1v) is 6.18. The largest absolute Gasteiger partial charge is 0.416 e. The van der Waals surface area contributed by atoms with Crippen molar-refractivity contribution in [3.8, 4) is 0 Å². The molecule has 0 bridgehead atoms. The van der Waals surface area contributed by atoms with Crippen LogP contribution in [0.15, 0.2) is 54.9 Å². The van der Waals surface area contributed by atoms with Crippen LogP contribution in [0.25, 0.3) is 10.9 Å². The second kappa shape index (κ2) is 6.19. The van der Waals surface area contributed by atoms with Crippen LogP contribution in [0.1, 0.15) is 5.56 Å². The molecule has 0 fully saturated rings. The summed E-state index contributed by atoms with van der Waals surface area (Å²) in [6.07, 6.45) is -3.14. The van der Waals surface area contributed by atoms with Gasteiger partial charge in [0.25, 0.3) is 0 Å². The lowest BCUT2D eigenvalue weighted by molar-refractivity contribution is -0.137. The third-order valence-electron chi connectivity index (χ3n) is 3.00. The minimum atomic E-state index is -4.38. The Labute approximate surface area is 130 Å². The van der Waals surface area contributed by atoms with Gasteiger partial charge in [0.1, 0.15) is 12.1 Å². The van der Waals surface area contributed by atoms with Crippen LogP contribution >= 0.6 is 12.4 Å². The van der Waals surface area contributed by atoms with Crippen LogP contribution in [0.5, 0.6) is 0 Å². The van der Waals surface area contributed by atoms with Crippen LogP contribution in [0.3, 0.4) is 0 Å². The molecule has 1 heterocycles. The van der Waals surface area contributed by atoms with E-state index in [2.05, 4.69) is 15.3 Å². The van der Waals surface area contributed by atoms with Crippen LogP contribution in [-0.2, 0) is 6.18 Å². The first-order chi connectivity index (χ1) is 10.0. The van der Waals surface area contributed by atoms with E-state index in [-0.39, 0.29) is 17.9 Å². The number of alkyl halides is 3. The fourth-order valence-electron chi connectivity index (χ4n) is 1.99. The summed E-state index contributed by atoms with van der Waals surface area (Å²) in [5.41, 5.74) is 0.329. The Morgan fingerprint density at radius 1 is 0.909 bits per heavy atom. The average molecular weight is 326 g/mol. The maximum Gasteiger partial charge on any atom is 0.416 e. The van der Waals surface area contributed by atoms with E-state index >= 15 is 0 Å². The molecule has 0 aliphatic carbocycles. The quantitative estimate of drug-likeness (QED) is 0.734. The molecule has 1 N–H and O–H groups in total. The van der Waals surface area contributed by atoms with Gasteiger partial charge in [0.05, 0.1) is 11.1 Å². The molecule has 0 atom stereocenters. The molecule has 2 aromatic carbocycles. The van der Waals surface area contributed by atoms with Gasteiger partial charge < -0.3 is 5.32 Å². The first kappa shape index (κ1) is 16.0. The van der Waals surface area contributed by atoms with Gasteiger partial charge in [-0.3, -0.25) is 0 Å². The number of para-hydroxylation sites is 1. The Morgan fingerprint density at radius 3 is 2.32 bits per heavy atom. The number of aromatic nitrogens is 2.